The van der Waals surface area contributed by atoms with Crippen molar-refractivity contribution in [2.45, 2.75) is 62.9 Å². The zero-order chi connectivity index (χ0) is 29.3. The van der Waals surface area contributed by atoms with Gasteiger partial charge in [0.25, 0.3) is 10.0 Å². The fourth-order valence-corrected chi connectivity index (χ4v) is 7.01. The van der Waals surface area contributed by atoms with E-state index in [0.29, 0.717) is 52.4 Å². The molecule has 1 aliphatic rings. The van der Waals surface area contributed by atoms with Crippen LogP contribution in [-0.4, -0.2) is 54.4 Å². The van der Waals surface area contributed by atoms with Crippen molar-refractivity contribution < 1.29 is 12.8 Å². The van der Waals surface area contributed by atoms with Crippen molar-refractivity contribution >= 4 is 44.3 Å². The molecule has 41 heavy (non-hydrogen) atoms. The highest BCUT2D eigenvalue weighted by Gasteiger charge is 2.24. The average molecular weight is 597 g/mol. The molecule has 11 heteroatoms. The van der Waals surface area contributed by atoms with E-state index in [1.165, 1.54) is 18.2 Å². The molecule has 2 aromatic carbocycles. The molecule has 1 fully saturated rings. The number of nitrogens with zero attached hydrogens (tertiary/aromatic N) is 4. The third-order valence-electron chi connectivity index (χ3n) is 7.76. The molecule has 8 nitrogen and oxygen atoms in total. The highest BCUT2D eigenvalue weighted by atomic mass is 35.5. The van der Waals surface area contributed by atoms with Gasteiger partial charge in [-0.2, -0.15) is 0 Å². The van der Waals surface area contributed by atoms with Crippen LogP contribution in [0.1, 0.15) is 43.9 Å². The minimum absolute atomic E-state index is 0.0477. The third kappa shape index (κ3) is 6.14. The molecule has 0 amide bonds. The maximum atomic E-state index is 16.0. The molecule has 0 atom stereocenters. The molecule has 0 radical (unpaired) electrons. The minimum atomic E-state index is -3.95. The van der Waals surface area contributed by atoms with Crippen molar-refractivity contribution in [3.8, 4) is 11.1 Å². The smallest absolute Gasteiger partial charge is 0.264 e. The lowest BCUT2D eigenvalue weighted by molar-refractivity contribution is 0.221. The van der Waals surface area contributed by atoms with Crippen molar-refractivity contribution in [2.24, 2.45) is 0 Å². The second-order valence-corrected chi connectivity index (χ2v) is 12.7. The Kier molecular flexibility index (Phi) is 8.45. The van der Waals surface area contributed by atoms with Gasteiger partial charge in [0.1, 0.15) is 16.5 Å². The van der Waals surface area contributed by atoms with Gasteiger partial charge in [-0.15, -0.1) is 0 Å². The molecule has 1 aliphatic carbocycles. The summed E-state index contributed by atoms with van der Waals surface area (Å²) < 4.78 is 44.1. The van der Waals surface area contributed by atoms with Gasteiger partial charge in [0, 0.05) is 46.1 Å². The number of aromatic nitrogens is 3. The van der Waals surface area contributed by atoms with Gasteiger partial charge >= 0.3 is 0 Å². The molecule has 5 rings (SSSR count). The average Bonchev–Trinajstić information content (AvgIpc) is 2.93. The Balaban J connectivity index is 1.42. The van der Waals surface area contributed by atoms with E-state index < -0.39 is 10.0 Å². The first-order valence-corrected chi connectivity index (χ1v) is 15.6. The Morgan fingerprint density at radius 2 is 1.78 bits per heavy atom. The summed E-state index contributed by atoms with van der Waals surface area (Å²) in [5.74, 6) is 0.257. The predicted molar refractivity (Wildman–Crippen MR) is 162 cm³/mol. The Morgan fingerprint density at radius 1 is 1.05 bits per heavy atom. The molecular weight excluding hydrogens is 563 g/mol. The van der Waals surface area contributed by atoms with Crippen LogP contribution in [0, 0.1) is 12.7 Å². The molecule has 2 heterocycles. The lowest BCUT2D eigenvalue weighted by Crippen LogP contribution is -2.36. The molecule has 0 saturated heterocycles. The van der Waals surface area contributed by atoms with Crippen LogP contribution in [0.5, 0.6) is 0 Å². The standard InChI is InChI=1S/C30H34ClFN6O2S/c1-5-22-28(32)24(16-19-17-33-30(36-29(19)22)35-20-10-12-21(13-11-20)38(3)4)23-14-15-27(34-18(23)2)37-41(39,40)26-9-7-6-8-25(26)31/h6-9,14-17,20-21H,5,10-13H2,1-4H3,(H,34,37)(H,33,35,36)/t20-,21-. The van der Waals surface area contributed by atoms with Crippen molar-refractivity contribution in [1.29, 1.82) is 0 Å². The first-order valence-electron chi connectivity index (χ1n) is 13.7. The summed E-state index contributed by atoms with van der Waals surface area (Å²) in [6, 6.07) is 12.0. The molecule has 0 aliphatic heterocycles. The van der Waals surface area contributed by atoms with E-state index in [0.717, 1.165) is 31.1 Å². The summed E-state index contributed by atoms with van der Waals surface area (Å²) in [6.45, 7) is 3.61. The van der Waals surface area contributed by atoms with Gasteiger partial charge in [0.05, 0.1) is 10.5 Å². The number of sulfonamides is 1. The number of hydrogen-bond donors (Lipinski definition) is 2. The third-order valence-corrected chi connectivity index (χ3v) is 9.61. The van der Waals surface area contributed by atoms with Crippen LogP contribution in [0.4, 0.5) is 16.2 Å². The number of anilines is 2. The molecular formula is C30H34ClFN6O2S. The monoisotopic (exact) mass is 596 g/mol. The number of pyridine rings is 1. The second kappa shape index (κ2) is 11.9. The number of benzene rings is 2. The highest BCUT2D eigenvalue weighted by molar-refractivity contribution is 7.92. The SMILES string of the molecule is CCc1c(F)c(-c2ccc(NS(=O)(=O)c3ccccc3Cl)nc2C)cc2cnc(N[C@H]3CC[C@H](N(C)C)CC3)nc12. The molecule has 2 N–H and O–H groups in total. The highest BCUT2D eigenvalue weighted by Crippen LogP contribution is 2.34. The summed E-state index contributed by atoms with van der Waals surface area (Å²) in [7, 11) is 0.291. The Morgan fingerprint density at radius 3 is 2.44 bits per heavy atom. The number of aryl methyl sites for hydroxylation is 2. The van der Waals surface area contributed by atoms with Gasteiger partial charge in [-0.1, -0.05) is 30.7 Å². The van der Waals surface area contributed by atoms with Gasteiger partial charge in [0.2, 0.25) is 5.95 Å². The number of fused-ring (bicyclic) bond motifs is 1. The topological polar surface area (TPSA) is 100 Å². The molecule has 216 valence electrons. The zero-order valence-electron chi connectivity index (χ0n) is 23.6. The summed E-state index contributed by atoms with van der Waals surface area (Å²) in [4.78, 5) is 15.9. The van der Waals surface area contributed by atoms with Crippen LogP contribution in [0.25, 0.3) is 22.0 Å². The van der Waals surface area contributed by atoms with Gasteiger partial charge in [0.15, 0.2) is 0 Å². The van der Waals surface area contributed by atoms with Crippen molar-refractivity contribution in [1.82, 2.24) is 19.9 Å². The van der Waals surface area contributed by atoms with Crippen LogP contribution in [0.2, 0.25) is 5.02 Å². The van der Waals surface area contributed by atoms with Crippen LogP contribution in [-0.2, 0) is 16.4 Å². The first kappa shape index (κ1) is 29.2. The lowest BCUT2D eigenvalue weighted by atomic mass is 9.90. The summed E-state index contributed by atoms with van der Waals surface area (Å²) in [6.07, 6.45) is 6.48. The minimum Gasteiger partial charge on any atom is -0.351 e. The van der Waals surface area contributed by atoms with E-state index in [9.17, 15) is 8.42 Å². The molecule has 2 aromatic heterocycles. The number of hydrogen-bond acceptors (Lipinski definition) is 7. The maximum absolute atomic E-state index is 16.0. The van der Waals surface area contributed by atoms with Gasteiger partial charge in [-0.3, -0.25) is 4.72 Å². The molecule has 0 unspecified atom stereocenters. The van der Waals surface area contributed by atoms with Crippen molar-refractivity contribution in [3.05, 3.63) is 70.8 Å². The van der Waals surface area contributed by atoms with E-state index in [-0.39, 0.29) is 21.6 Å². The van der Waals surface area contributed by atoms with Gasteiger partial charge in [-0.25, -0.2) is 27.8 Å². The zero-order valence-corrected chi connectivity index (χ0v) is 25.2. The van der Waals surface area contributed by atoms with E-state index in [1.807, 2.05) is 6.92 Å². The fraction of sp³-hybridized carbons (Fsp3) is 0.367. The van der Waals surface area contributed by atoms with Crippen LogP contribution in [0.3, 0.4) is 0 Å². The normalized spacial score (nSPS) is 17.6. The Hall–Kier alpha value is -3.34. The van der Waals surface area contributed by atoms with Crippen LogP contribution in [0.15, 0.2) is 53.6 Å². The molecule has 0 spiro atoms. The number of halogens is 2. The molecule has 1 saturated carbocycles. The number of nitrogens with one attached hydrogen (secondary N) is 2. The molecule has 4 aromatic rings. The predicted octanol–water partition coefficient (Wildman–Crippen LogP) is 6.44. The summed E-state index contributed by atoms with van der Waals surface area (Å²) in [5, 5.41) is 4.29. The van der Waals surface area contributed by atoms with E-state index in [2.05, 4.69) is 39.0 Å². The Bertz CT molecular complexity index is 1690. The molecule has 0 bridgehead atoms. The number of rotatable bonds is 8. The van der Waals surface area contributed by atoms with E-state index >= 15 is 4.39 Å². The van der Waals surface area contributed by atoms with E-state index in [1.54, 1.807) is 37.4 Å². The quantitative estimate of drug-likeness (QED) is 0.241. The van der Waals surface area contributed by atoms with Gasteiger partial charge < -0.3 is 10.2 Å². The fourth-order valence-electron chi connectivity index (χ4n) is 5.49. The first-order chi connectivity index (χ1) is 19.6. The second-order valence-electron chi connectivity index (χ2n) is 10.7. The van der Waals surface area contributed by atoms with Crippen LogP contribution >= 0.6 is 11.6 Å². The largest absolute Gasteiger partial charge is 0.351 e. The summed E-state index contributed by atoms with van der Waals surface area (Å²) in [5.41, 5.74) is 2.48. The Labute approximate surface area is 245 Å². The van der Waals surface area contributed by atoms with Crippen molar-refractivity contribution in [3.63, 3.8) is 0 Å². The van der Waals surface area contributed by atoms with Crippen molar-refractivity contribution in [2.75, 3.05) is 24.1 Å². The summed E-state index contributed by atoms with van der Waals surface area (Å²) >= 11 is 6.08. The van der Waals surface area contributed by atoms with E-state index in [4.69, 9.17) is 16.6 Å². The van der Waals surface area contributed by atoms with Gasteiger partial charge in [-0.05, 0) is 83.5 Å². The van der Waals surface area contributed by atoms with Crippen LogP contribution < -0.4 is 10.0 Å². The lowest BCUT2D eigenvalue weighted by Gasteiger charge is -2.33. The maximum Gasteiger partial charge on any atom is 0.264 e.